The Kier molecular flexibility index (Phi) is 6.40. The number of aromatic nitrogens is 1. The molecule has 1 saturated heterocycles. The second-order valence-electron chi connectivity index (χ2n) is 8.64. The molecule has 4 aromatic rings. The molecule has 0 aliphatic carbocycles. The summed E-state index contributed by atoms with van der Waals surface area (Å²) in [7, 11) is 0. The lowest BCUT2D eigenvalue weighted by atomic mass is 10.0. The van der Waals surface area contributed by atoms with Gasteiger partial charge in [0.25, 0.3) is 5.91 Å². The van der Waals surface area contributed by atoms with Gasteiger partial charge in [-0.15, -0.1) is 0 Å². The van der Waals surface area contributed by atoms with Crippen LogP contribution >= 0.6 is 11.3 Å². The zero-order valence-corrected chi connectivity index (χ0v) is 20.0. The highest BCUT2D eigenvalue weighted by molar-refractivity contribution is 7.22. The van der Waals surface area contributed by atoms with E-state index < -0.39 is 0 Å². The second-order valence-corrected chi connectivity index (χ2v) is 9.65. The van der Waals surface area contributed by atoms with Gasteiger partial charge in [0.2, 0.25) is 0 Å². The predicted octanol–water partition coefficient (Wildman–Crippen LogP) is 5.44. The molecule has 1 aliphatic heterocycles. The van der Waals surface area contributed by atoms with Gasteiger partial charge in [-0.05, 0) is 54.3 Å². The van der Waals surface area contributed by atoms with E-state index in [4.69, 9.17) is 9.72 Å². The zero-order valence-electron chi connectivity index (χ0n) is 19.2. The van der Waals surface area contributed by atoms with Crippen molar-refractivity contribution in [3.63, 3.8) is 0 Å². The molecular formula is C27H29N3O2S. The third-order valence-corrected chi connectivity index (χ3v) is 7.57. The summed E-state index contributed by atoms with van der Waals surface area (Å²) in [6.45, 7) is 9.28. The minimum atomic E-state index is 0.0159. The summed E-state index contributed by atoms with van der Waals surface area (Å²) in [5, 5.41) is 2.84. The average Bonchev–Trinajstić information content (AvgIpc) is 3.29. The minimum Gasteiger partial charge on any atom is -0.379 e. The molecule has 0 N–H and O–H groups in total. The van der Waals surface area contributed by atoms with Crippen molar-refractivity contribution in [1.82, 2.24) is 9.88 Å². The van der Waals surface area contributed by atoms with Crippen molar-refractivity contribution in [2.75, 3.05) is 44.3 Å². The predicted molar refractivity (Wildman–Crippen MR) is 137 cm³/mol. The van der Waals surface area contributed by atoms with Crippen LogP contribution in [0.3, 0.4) is 0 Å². The Hall–Kier alpha value is -2.80. The fourth-order valence-electron chi connectivity index (χ4n) is 4.45. The third kappa shape index (κ3) is 4.51. The topological polar surface area (TPSA) is 45.7 Å². The highest BCUT2D eigenvalue weighted by Crippen LogP contribution is 2.33. The maximum absolute atomic E-state index is 13.9. The van der Waals surface area contributed by atoms with Gasteiger partial charge >= 0.3 is 0 Å². The van der Waals surface area contributed by atoms with E-state index in [1.54, 1.807) is 11.3 Å². The van der Waals surface area contributed by atoms with Gasteiger partial charge in [0.05, 0.1) is 23.4 Å². The Morgan fingerprint density at radius 2 is 1.85 bits per heavy atom. The molecule has 5 rings (SSSR count). The van der Waals surface area contributed by atoms with Gasteiger partial charge in [-0.2, -0.15) is 0 Å². The molecule has 0 bridgehead atoms. The highest BCUT2D eigenvalue weighted by atomic mass is 32.1. The number of aryl methyl sites for hydroxylation is 2. The molecule has 0 unspecified atom stereocenters. The van der Waals surface area contributed by atoms with Crippen LogP contribution in [0.15, 0.2) is 54.6 Å². The fourth-order valence-corrected chi connectivity index (χ4v) is 5.50. The maximum atomic E-state index is 13.9. The van der Waals surface area contributed by atoms with Crippen LogP contribution in [0.25, 0.3) is 21.0 Å². The molecule has 0 radical (unpaired) electrons. The molecule has 1 fully saturated rings. The number of rotatable bonds is 6. The molecule has 2 heterocycles. The molecule has 0 atom stereocenters. The lowest BCUT2D eigenvalue weighted by Gasteiger charge is -2.28. The number of anilines is 1. The summed E-state index contributed by atoms with van der Waals surface area (Å²) in [4.78, 5) is 23.2. The molecular weight excluding hydrogens is 430 g/mol. The second kappa shape index (κ2) is 9.59. The van der Waals surface area contributed by atoms with Crippen LogP contribution in [0.5, 0.6) is 0 Å². The van der Waals surface area contributed by atoms with Crippen molar-refractivity contribution in [3.05, 3.63) is 71.3 Å². The number of morpholine rings is 1. The molecule has 0 spiro atoms. The van der Waals surface area contributed by atoms with Crippen LogP contribution < -0.4 is 4.90 Å². The summed E-state index contributed by atoms with van der Waals surface area (Å²) in [6.07, 6.45) is 0.893. The first-order chi connectivity index (χ1) is 16.1. The lowest BCUT2D eigenvalue weighted by Crippen LogP contribution is -2.39. The Bertz CT molecular complexity index is 1290. The van der Waals surface area contributed by atoms with E-state index in [2.05, 4.69) is 43.0 Å². The first-order valence-electron chi connectivity index (χ1n) is 11.6. The number of fused-ring (bicyclic) bond motifs is 2. The van der Waals surface area contributed by atoms with Crippen LogP contribution in [0.2, 0.25) is 0 Å². The smallest absolute Gasteiger partial charge is 0.260 e. The van der Waals surface area contributed by atoms with E-state index >= 15 is 0 Å². The number of ether oxygens (including phenoxy) is 1. The highest BCUT2D eigenvalue weighted by Gasteiger charge is 2.23. The Balaban J connectivity index is 1.49. The SMILES string of the molecule is Cc1ccc2sc(N(CCCN3CCOCC3)C(=O)c3cccc4ccccc34)nc2c1C. The Morgan fingerprint density at radius 1 is 1.06 bits per heavy atom. The van der Waals surface area contributed by atoms with Crippen LogP contribution in [-0.4, -0.2) is 55.2 Å². The van der Waals surface area contributed by atoms with Crippen molar-refractivity contribution >= 4 is 43.4 Å². The van der Waals surface area contributed by atoms with E-state index in [0.29, 0.717) is 6.54 Å². The molecule has 5 nitrogen and oxygen atoms in total. The van der Waals surface area contributed by atoms with Gasteiger partial charge in [-0.1, -0.05) is 53.8 Å². The van der Waals surface area contributed by atoms with Crippen LogP contribution in [-0.2, 0) is 4.74 Å². The third-order valence-electron chi connectivity index (χ3n) is 6.53. The number of thiazole rings is 1. The van der Waals surface area contributed by atoms with Crippen molar-refractivity contribution in [3.8, 4) is 0 Å². The van der Waals surface area contributed by atoms with Gasteiger partial charge < -0.3 is 4.74 Å². The summed E-state index contributed by atoms with van der Waals surface area (Å²) >= 11 is 1.60. The van der Waals surface area contributed by atoms with Crippen molar-refractivity contribution in [2.45, 2.75) is 20.3 Å². The Morgan fingerprint density at radius 3 is 2.70 bits per heavy atom. The monoisotopic (exact) mass is 459 g/mol. The molecule has 0 saturated carbocycles. The first-order valence-corrected chi connectivity index (χ1v) is 12.4. The summed E-state index contributed by atoms with van der Waals surface area (Å²) in [6, 6.07) is 18.3. The largest absolute Gasteiger partial charge is 0.379 e. The normalized spacial score (nSPS) is 14.7. The molecule has 1 aliphatic rings. The van der Waals surface area contributed by atoms with Crippen LogP contribution in [0, 0.1) is 13.8 Å². The number of hydrogen-bond donors (Lipinski definition) is 0. The van der Waals surface area contributed by atoms with E-state index in [0.717, 1.165) is 71.0 Å². The molecule has 1 amide bonds. The van der Waals surface area contributed by atoms with E-state index in [9.17, 15) is 4.79 Å². The number of nitrogens with zero attached hydrogens (tertiary/aromatic N) is 3. The zero-order chi connectivity index (χ0) is 22.8. The van der Waals surface area contributed by atoms with Gasteiger partial charge in [-0.3, -0.25) is 14.6 Å². The van der Waals surface area contributed by atoms with Crippen molar-refractivity contribution in [2.24, 2.45) is 0 Å². The Labute approximate surface area is 198 Å². The van der Waals surface area contributed by atoms with Crippen molar-refractivity contribution in [1.29, 1.82) is 0 Å². The quantitative estimate of drug-likeness (QED) is 0.385. The van der Waals surface area contributed by atoms with Crippen LogP contribution in [0.1, 0.15) is 27.9 Å². The first kappa shape index (κ1) is 22.0. The molecule has 170 valence electrons. The molecule has 6 heteroatoms. The maximum Gasteiger partial charge on any atom is 0.260 e. The average molecular weight is 460 g/mol. The number of amides is 1. The number of carbonyl (C=O) groups excluding carboxylic acids is 1. The van der Waals surface area contributed by atoms with E-state index in [1.165, 1.54) is 11.1 Å². The van der Waals surface area contributed by atoms with Gasteiger partial charge in [0.15, 0.2) is 5.13 Å². The summed E-state index contributed by atoms with van der Waals surface area (Å²) in [5.41, 5.74) is 4.13. The fraction of sp³-hybridized carbons (Fsp3) is 0.333. The molecule has 1 aromatic heterocycles. The number of carbonyl (C=O) groups is 1. The van der Waals surface area contributed by atoms with E-state index in [1.807, 2.05) is 35.2 Å². The van der Waals surface area contributed by atoms with Crippen molar-refractivity contribution < 1.29 is 9.53 Å². The number of hydrogen-bond acceptors (Lipinski definition) is 5. The summed E-state index contributed by atoms with van der Waals surface area (Å²) < 4.78 is 6.60. The molecule has 3 aromatic carbocycles. The van der Waals surface area contributed by atoms with Gasteiger partial charge in [-0.25, -0.2) is 4.98 Å². The molecule has 33 heavy (non-hydrogen) atoms. The van der Waals surface area contributed by atoms with Crippen LogP contribution in [0.4, 0.5) is 5.13 Å². The minimum absolute atomic E-state index is 0.0159. The van der Waals surface area contributed by atoms with Gasteiger partial charge in [0.1, 0.15) is 0 Å². The van der Waals surface area contributed by atoms with Gasteiger partial charge in [0, 0.05) is 31.7 Å². The van der Waals surface area contributed by atoms with E-state index in [-0.39, 0.29) is 5.91 Å². The standard InChI is InChI=1S/C27H29N3O2S/c1-19-11-12-24-25(20(19)2)28-27(33-24)30(14-6-13-29-15-17-32-18-16-29)26(31)23-10-5-8-21-7-3-4-9-22(21)23/h3-5,7-12H,6,13-18H2,1-2H3. The number of benzene rings is 3. The summed E-state index contributed by atoms with van der Waals surface area (Å²) in [5.74, 6) is 0.0159. The lowest BCUT2D eigenvalue weighted by molar-refractivity contribution is 0.0376.